The van der Waals surface area contributed by atoms with Gasteiger partial charge < -0.3 is 19.5 Å². The normalized spacial score (nSPS) is 19.5. The fourth-order valence-electron chi connectivity index (χ4n) is 3.07. The van der Waals surface area contributed by atoms with Crippen LogP contribution in [0.5, 0.6) is 5.75 Å². The fourth-order valence-corrected chi connectivity index (χ4v) is 3.87. The Kier molecular flexibility index (Phi) is 5.53. The molecule has 7 nitrogen and oxygen atoms in total. The summed E-state index contributed by atoms with van der Waals surface area (Å²) in [5.74, 6) is -0.436. The maximum Gasteiger partial charge on any atom is 0.305 e. The average molecular weight is 376 g/mol. The molecule has 1 aliphatic rings. The SMILES string of the molecule is COc1ccc(-c2nc(C(=O)N3CC(OC)CC3CC(=O)O)cs2)cc1. The summed E-state index contributed by atoms with van der Waals surface area (Å²) in [5, 5.41) is 11.5. The lowest BCUT2D eigenvalue weighted by Gasteiger charge is -2.22. The van der Waals surface area contributed by atoms with Crippen molar-refractivity contribution < 1.29 is 24.2 Å². The van der Waals surface area contributed by atoms with E-state index in [0.717, 1.165) is 16.3 Å². The second kappa shape index (κ2) is 7.84. The highest BCUT2D eigenvalue weighted by Crippen LogP contribution is 2.29. The van der Waals surface area contributed by atoms with E-state index in [4.69, 9.17) is 14.6 Å². The highest BCUT2D eigenvalue weighted by atomic mass is 32.1. The molecule has 0 radical (unpaired) electrons. The van der Waals surface area contributed by atoms with Gasteiger partial charge in [0.15, 0.2) is 0 Å². The quantitative estimate of drug-likeness (QED) is 0.833. The Morgan fingerprint density at radius 2 is 2.04 bits per heavy atom. The topological polar surface area (TPSA) is 89.0 Å². The van der Waals surface area contributed by atoms with Crippen molar-refractivity contribution in [3.8, 4) is 16.3 Å². The summed E-state index contributed by atoms with van der Waals surface area (Å²) in [7, 11) is 3.17. The molecular formula is C18H20N2O5S. The third kappa shape index (κ3) is 3.86. The molecule has 1 saturated heterocycles. The number of ether oxygens (including phenoxy) is 2. The molecule has 0 saturated carbocycles. The number of carbonyl (C=O) groups excluding carboxylic acids is 1. The van der Waals surface area contributed by atoms with Gasteiger partial charge in [-0.3, -0.25) is 9.59 Å². The first-order chi connectivity index (χ1) is 12.5. The molecule has 2 unspecified atom stereocenters. The summed E-state index contributed by atoms with van der Waals surface area (Å²) in [6.07, 6.45) is 0.272. The van der Waals surface area contributed by atoms with Gasteiger partial charge in [-0.2, -0.15) is 0 Å². The number of carboxylic acids is 1. The Morgan fingerprint density at radius 3 is 2.65 bits per heavy atom. The van der Waals surface area contributed by atoms with E-state index in [0.29, 0.717) is 18.7 Å². The van der Waals surface area contributed by atoms with E-state index in [1.807, 2.05) is 24.3 Å². The molecule has 2 aromatic rings. The number of hydrogen-bond acceptors (Lipinski definition) is 6. The van der Waals surface area contributed by atoms with Crippen LogP contribution in [-0.4, -0.2) is 59.8 Å². The summed E-state index contributed by atoms with van der Waals surface area (Å²) in [6, 6.07) is 7.07. The van der Waals surface area contributed by atoms with E-state index < -0.39 is 5.97 Å². The Hall–Kier alpha value is -2.45. The zero-order chi connectivity index (χ0) is 18.7. The number of hydrogen-bond donors (Lipinski definition) is 1. The van der Waals surface area contributed by atoms with Crippen molar-refractivity contribution in [2.45, 2.75) is 25.0 Å². The second-order valence-electron chi connectivity index (χ2n) is 6.07. The highest BCUT2D eigenvalue weighted by Gasteiger charge is 2.37. The zero-order valence-electron chi connectivity index (χ0n) is 14.5. The van der Waals surface area contributed by atoms with Crippen molar-refractivity contribution in [3.05, 3.63) is 35.3 Å². The molecule has 1 aliphatic heterocycles. The number of likely N-dealkylation sites (tertiary alicyclic amines) is 1. The Labute approximate surface area is 155 Å². The van der Waals surface area contributed by atoms with Crippen LogP contribution in [0.4, 0.5) is 0 Å². The Balaban J connectivity index is 1.78. The Bertz CT molecular complexity index is 789. The third-order valence-electron chi connectivity index (χ3n) is 4.44. The van der Waals surface area contributed by atoms with Crippen molar-refractivity contribution in [1.82, 2.24) is 9.88 Å². The maximum atomic E-state index is 12.8. The number of benzene rings is 1. The maximum absolute atomic E-state index is 12.8. The molecule has 0 aliphatic carbocycles. The number of amides is 1. The van der Waals surface area contributed by atoms with Crippen LogP contribution < -0.4 is 4.74 Å². The van der Waals surface area contributed by atoms with Gasteiger partial charge >= 0.3 is 5.97 Å². The van der Waals surface area contributed by atoms with E-state index >= 15 is 0 Å². The fraction of sp³-hybridized carbons (Fsp3) is 0.389. The van der Waals surface area contributed by atoms with Crippen LogP contribution in [0.25, 0.3) is 10.6 Å². The van der Waals surface area contributed by atoms with E-state index in [1.165, 1.54) is 11.3 Å². The smallest absolute Gasteiger partial charge is 0.305 e. The lowest BCUT2D eigenvalue weighted by molar-refractivity contribution is -0.138. The first-order valence-corrected chi connectivity index (χ1v) is 9.05. The molecule has 138 valence electrons. The predicted molar refractivity (Wildman–Crippen MR) is 96.6 cm³/mol. The number of carbonyl (C=O) groups is 2. The summed E-state index contributed by atoms with van der Waals surface area (Å²) in [5.41, 5.74) is 1.22. The summed E-state index contributed by atoms with van der Waals surface area (Å²) < 4.78 is 10.5. The third-order valence-corrected chi connectivity index (χ3v) is 5.33. The summed E-state index contributed by atoms with van der Waals surface area (Å²) in [4.78, 5) is 29.9. The van der Waals surface area contributed by atoms with Gasteiger partial charge in [-0.1, -0.05) is 0 Å². The number of carboxylic acid groups (broad SMARTS) is 1. The van der Waals surface area contributed by atoms with Gasteiger partial charge in [0.05, 0.1) is 19.6 Å². The van der Waals surface area contributed by atoms with Crippen LogP contribution in [0, 0.1) is 0 Å². The molecule has 0 bridgehead atoms. The van der Waals surface area contributed by atoms with Crippen LogP contribution in [0.2, 0.25) is 0 Å². The zero-order valence-corrected chi connectivity index (χ0v) is 15.4. The van der Waals surface area contributed by atoms with Crippen LogP contribution >= 0.6 is 11.3 Å². The molecule has 2 heterocycles. The molecule has 8 heteroatoms. The number of aliphatic carboxylic acids is 1. The van der Waals surface area contributed by atoms with Crippen LogP contribution in [0.15, 0.2) is 29.6 Å². The molecule has 1 aromatic carbocycles. The predicted octanol–water partition coefficient (Wildman–Crippen LogP) is 2.52. The van der Waals surface area contributed by atoms with E-state index in [2.05, 4.69) is 4.98 Å². The minimum Gasteiger partial charge on any atom is -0.497 e. The Morgan fingerprint density at radius 1 is 1.31 bits per heavy atom. The monoisotopic (exact) mass is 376 g/mol. The van der Waals surface area contributed by atoms with Crippen LogP contribution in [0.3, 0.4) is 0 Å². The van der Waals surface area contributed by atoms with Crippen LogP contribution in [0.1, 0.15) is 23.3 Å². The standard InChI is InChI=1S/C18H20N2O5S/c1-24-13-5-3-11(4-6-13)17-19-15(10-26-17)18(23)20-9-14(25-2)7-12(20)8-16(21)22/h3-6,10,12,14H,7-9H2,1-2H3,(H,21,22). The van der Waals surface area contributed by atoms with Crippen molar-refractivity contribution in [3.63, 3.8) is 0 Å². The highest BCUT2D eigenvalue weighted by molar-refractivity contribution is 7.13. The molecular weight excluding hydrogens is 356 g/mol. The summed E-state index contributed by atoms with van der Waals surface area (Å²) >= 11 is 1.38. The van der Waals surface area contributed by atoms with Gasteiger partial charge in [0.2, 0.25) is 0 Å². The van der Waals surface area contributed by atoms with E-state index in [9.17, 15) is 9.59 Å². The van der Waals surface area contributed by atoms with E-state index in [-0.39, 0.29) is 24.5 Å². The van der Waals surface area contributed by atoms with Gasteiger partial charge in [0, 0.05) is 30.6 Å². The lowest BCUT2D eigenvalue weighted by Crippen LogP contribution is -2.37. The van der Waals surface area contributed by atoms with Crippen molar-refractivity contribution in [2.24, 2.45) is 0 Å². The van der Waals surface area contributed by atoms with Crippen molar-refractivity contribution in [1.29, 1.82) is 0 Å². The first-order valence-electron chi connectivity index (χ1n) is 8.17. The van der Waals surface area contributed by atoms with Gasteiger partial charge in [0.25, 0.3) is 5.91 Å². The van der Waals surface area contributed by atoms with Gasteiger partial charge in [-0.15, -0.1) is 11.3 Å². The molecule has 1 amide bonds. The minimum atomic E-state index is -0.929. The van der Waals surface area contributed by atoms with Gasteiger partial charge in [0.1, 0.15) is 16.5 Å². The molecule has 26 heavy (non-hydrogen) atoms. The second-order valence-corrected chi connectivity index (χ2v) is 6.93. The molecule has 3 rings (SSSR count). The van der Waals surface area contributed by atoms with Gasteiger partial charge in [-0.05, 0) is 30.7 Å². The van der Waals surface area contributed by atoms with Crippen LogP contribution in [-0.2, 0) is 9.53 Å². The minimum absolute atomic E-state index is 0.0962. The number of thiazole rings is 1. The summed E-state index contributed by atoms with van der Waals surface area (Å²) in [6.45, 7) is 0.378. The molecule has 1 fully saturated rings. The number of nitrogens with zero attached hydrogens (tertiary/aromatic N) is 2. The van der Waals surface area contributed by atoms with Crippen molar-refractivity contribution >= 4 is 23.2 Å². The first kappa shape index (κ1) is 18.3. The lowest BCUT2D eigenvalue weighted by atomic mass is 10.1. The number of aromatic nitrogens is 1. The molecule has 0 spiro atoms. The van der Waals surface area contributed by atoms with Crippen molar-refractivity contribution in [2.75, 3.05) is 20.8 Å². The van der Waals surface area contributed by atoms with Gasteiger partial charge in [-0.25, -0.2) is 4.98 Å². The average Bonchev–Trinajstić information content (AvgIpc) is 3.28. The number of methoxy groups -OCH3 is 2. The molecule has 1 N–H and O–H groups in total. The largest absolute Gasteiger partial charge is 0.497 e. The van der Waals surface area contributed by atoms with E-state index in [1.54, 1.807) is 24.5 Å². The molecule has 1 aromatic heterocycles. The molecule has 2 atom stereocenters. The number of rotatable bonds is 6.